The van der Waals surface area contributed by atoms with Gasteiger partial charge in [0.1, 0.15) is 0 Å². The Kier molecular flexibility index (Phi) is 4.52. The number of halogens is 12. The average Bonchev–Trinajstić information content (AvgIpc) is 1.98. The van der Waals surface area contributed by atoms with Crippen LogP contribution in [0.4, 0.5) is 43.9 Å². The van der Waals surface area contributed by atoms with E-state index in [0.29, 0.717) is 0 Å². The zero-order chi connectivity index (χ0) is 14.5. The Hall–Kier alpha value is 0.670. The predicted molar refractivity (Wildman–Crippen MR) is 39.5 cm³/mol. The molecule has 0 saturated carbocycles. The van der Waals surface area contributed by atoms with Gasteiger partial charge in [-0.05, 0) is 0 Å². The maximum atomic E-state index is 12.4. The molecular weight excluding hydrogens is 437 g/mol. The van der Waals surface area contributed by atoms with Crippen molar-refractivity contribution in [3.05, 3.63) is 0 Å². The normalized spacial score (nSPS) is 17.2. The molecule has 0 saturated heterocycles. The van der Waals surface area contributed by atoms with Crippen molar-refractivity contribution in [2.75, 3.05) is 0 Å². The average molecular weight is 437 g/mol. The second-order valence-electron chi connectivity index (χ2n) is 2.50. The van der Waals surface area contributed by atoms with E-state index in [-0.39, 0.29) is 0 Å². The van der Waals surface area contributed by atoms with Crippen molar-refractivity contribution in [1.82, 2.24) is 0 Å². The third kappa shape index (κ3) is 2.67. The van der Waals surface area contributed by atoms with E-state index in [4.69, 9.17) is 0 Å². The first-order chi connectivity index (χ1) is 7.00. The molecule has 0 unspecified atom stereocenters. The van der Waals surface area contributed by atoms with Crippen molar-refractivity contribution < 1.29 is 43.9 Å². The van der Waals surface area contributed by atoms with Crippen molar-refractivity contribution in [2.24, 2.45) is 0 Å². The minimum absolute atomic E-state index is 4.10. The molecule has 0 aromatic carbocycles. The van der Waals surface area contributed by atoms with Crippen molar-refractivity contribution >= 4 is 33.9 Å². The van der Waals surface area contributed by atoms with E-state index < -0.39 is 36.2 Å². The predicted octanol–water partition coefficient (Wildman–Crippen LogP) is 4.38. The Morgan fingerprint density at radius 3 is 0.824 bits per heavy atom. The van der Waals surface area contributed by atoms with E-state index in [1.54, 1.807) is 0 Å². The van der Waals surface area contributed by atoms with Crippen molar-refractivity contribution in [3.63, 3.8) is 0 Å². The van der Waals surface area contributed by atoms with Gasteiger partial charge in [0.15, 0.2) is 0 Å². The van der Waals surface area contributed by atoms with Crippen LogP contribution in [0.3, 0.4) is 0 Å². The monoisotopic (exact) mass is 438 g/mol. The summed E-state index contributed by atoms with van der Waals surface area (Å²) in [5, 5.41) is 0. The van der Waals surface area contributed by atoms with Gasteiger partial charge in [0, 0.05) is 0 Å². The summed E-state index contributed by atoms with van der Waals surface area (Å²) in [5.74, 6) is 0. The summed E-state index contributed by atoms with van der Waals surface area (Å²) in [6.07, 6.45) is -13.4. The molecule has 0 aromatic rings. The number of hydrogen-bond donors (Lipinski definition) is 0. The van der Waals surface area contributed by atoms with Crippen molar-refractivity contribution in [2.45, 2.75) is 20.3 Å². The van der Waals surface area contributed by atoms with Crippen LogP contribution in [0.15, 0.2) is 0 Å². The summed E-state index contributed by atoms with van der Waals surface area (Å²) in [5.41, 5.74) is 0. The topological polar surface area (TPSA) is 0 Å². The minimum atomic E-state index is -8.02. The molecule has 0 spiro atoms. The summed E-state index contributed by atoms with van der Waals surface area (Å²) in [6.45, 7) is 0. The third-order valence-electron chi connectivity index (χ3n) is 1.30. The molecule has 0 aliphatic carbocycles. The van der Waals surface area contributed by atoms with E-state index in [0.717, 1.165) is 0 Å². The molecule has 0 N–H and O–H groups in total. The van der Waals surface area contributed by atoms with Gasteiger partial charge < -0.3 is 0 Å². The van der Waals surface area contributed by atoms with Gasteiger partial charge in [0.05, 0.1) is 0 Å². The van der Waals surface area contributed by atoms with E-state index in [2.05, 4.69) is 17.9 Å². The zero-order valence-corrected chi connectivity index (χ0v) is 10.8. The molecule has 0 aliphatic rings. The van der Waals surface area contributed by atoms with E-state index in [1.165, 1.54) is 0 Å². The van der Waals surface area contributed by atoms with Gasteiger partial charge in [-0.3, -0.25) is 0 Å². The fraction of sp³-hybridized carbons (Fsp3) is 1.00. The molecule has 0 heterocycles. The van der Waals surface area contributed by atoms with Gasteiger partial charge in [-0.25, -0.2) is 0 Å². The molecule has 0 aliphatic heterocycles. The van der Waals surface area contributed by atoms with Crippen LogP contribution in [-0.2, 0) is 0 Å². The molecule has 0 nitrogen and oxygen atoms in total. The van der Waals surface area contributed by atoms with Gasteiger partial charge in [0.25, 0.3) is 0 Å². The maximum absolute atomic E-state index is 12.4. The fourth-order valence-electron chi connectivity index (χ4n) is 0.452. The summed E-state index contributed by atoms with van der Waals surface area (Å²) < 4.78 is 107. The van der Waals surface area contributed by atoms with Gasteiger partial charge >= 0.3 is 98.1 Å². The molecular formula is C4Cl2F10Te. The second-order valence-corrected chi connectivity index (χ2v) is 15.4. The fourth-order valence-corrected chi connectivity index (χ4v) is 5.38. The molecule has 106 valence electrons. The van der Waals surface area contributed by atoms with Gasteiger partial charge in [-0.2, -0.15) is 0 Å². The van der Waals surface area contributed by atoms with E-state index in [9.17, 15) is 43.9 Å². The molecule has 0 atom stereocenters. The molecule has 0 fully saturated rings. The Morgan fingerprint density at radius 1 is 0.529 bits per heavy atom. The van der Waals surface area contributed by atoms with Crippen LogP contribution in [-0.4, -0.2) is 36.2 Å². The van der Waals surface area contributed by atoms with E-state index >= 15 is 0 Å². The summed E-state index contributed by atoms with van der Waals surface area (Å²) in [7, 11) is 8.21. The summed E-state index contributed by atoms with van der Waals surface area (Å²) >= 11 is -8.02. The van der Waals surface area contributed by atoms with Gasteiger partial charge in [0.2, 0.25) is 0 Å². The van der Waals surface area contributed by atoms with Crippen molar-refractivity contribution in [3.8, 4) is 0 Å². The first-order valence-corrected chi connectivity index (χ1v) is 11.3. The van der Waals surface area contributed by atoms with Crippen LogP contribution >= 0.6 is 17.9 Å². The third-order valence-corrected chi connectivity index (χ3v) is 11.5. The van der Waals surface area contributed by atoms with Crippen LogP contribution in [0.5, 0.6) is 0 Å². The first-order valence-electron chi connectivity index (χ1n) is 3.11. The number of hydrogen-bond acceptors (Lipinski definition) is 0. The molecule has 0 amide bonds. The summed E-state index contributed by atoms with van der Waals surface area (Å²) in [4.78, 5) is 0. The molecule has 0 radical (unpaired) electrons. The summed E-state index contributed by atoms with van der Waals surface area (Å²) in [6, 6.07) is 0. The second kappa shape index (κ2) is 4.35. The van der Waals surface area contributed by atoms with Gasteiger partial charge in [-0.1, -0.05) is 0 Å². The Labute approximate surface area is 98.1 Å². The quantitative estimate of drug-likeness (QED) is 0.445. The molecule has 17 heavy (non-hydrogen) atoms. The van der Waals surface area contributed by atoms with Crippen LogP contribution < -0.4 is 0 Å². The Bertz CT molecular complexity index is 262. The Balaban J connectivity index is 5.73. The molecule has 13 heteroatoms. The molecule has 0 rings (SSSR count). The van der Waals surface area contributed by atoms with Crippen molar-refractivity contribution in [1.29, 1.82) is 0 Å². The van der Waals surface area contributed by atoms with Crippen LogP contribution in [0.2, 0.25) is 0 Å². The van der Waals surface area contributed by atoms with Crippen LogP contribution in [0, 0.1) is 0 Å². The Morgan fingerprint density at radius 2 is 0.706 bits per heavy atom. The molecule has 0 aromatic heterocycles. The van der Waals surface area contributed by atoms with Gasteiger partial charge in [-0.15, -0.1) is 0 Å². The standard InChI is InChI=1S/C4Cl2F10Te/c5-17(6,3(13,14)1(7,8)9)4(15,16)2(10,11)12. The number of rotatable bonds is 2. The number of alkyl halides is 10. The van der Waals surface area contributed by atoms with Crippen LogP contribution in [0.25, 0.3) is 0 Å². The first kappa shape index (κ1) is 17.7. The zero-order valence-electron chi connectivity index (χ0n) is 6.94. The molecule has 0 bridgehead atoms. The van der Waals surface area contributed by atoms with E-state index in [1.807, 2.05) is 0 Å². The SMILES string of the molecule is FC(F)(F)C(F)(F)[Te](Cl)(Cl)C(F)(F)C(F)(F)F. The van der Waals surface area contributed by atoms with Crippen LogP contribution in [0.1, 0.15) is 0 Å².